The van der Waals surface area contributed by atoms with E-state index in [1.807, 2.05) is 0 Å². The molecular formula is C28H56N2O2. The maximum Gasteiger partial charge on any atom is 0.0609 e. The molecule has 0 bridgehead atoms. The molecule has 0 aromatic heterocycles. The van der Waals surface area contributed by atoms with E-state index in [1.54, 1.807) is 0 Å². The summed E-state index contributed by atoms with van der Waals surface area (Å²) in [5.74, 6) is 0. The van der Waals surface area contributed by atoms with Crippen molar-refractivity contribution in [1.29, 1.82) is 0 Å². The second-order valence-electron chi connectivity index (χ2n) is 13.4. The molecule has 0 saturated carbocycles. The van der Waals surface area contributed by atoms with Gasteiger partial charge in [0.15, 0.2) is 0 Å². The average molecular weight is 453 g/mol. The predicted molar refractivity (Wildman–Crippen MR) is 137 cm³/mol. The van der Waals surface area contributed by atoms with Gasteiger partial charge >= 0.3 is 0 Å². The standard InChI is InChI=1S/C28H56N2O2/c1-25(2)19-23(20-26(3,4)29-25)31-17-15-13-11-9-10-12-14-16-18-32-24-21-27(5,6)30-28(7,8)22-24/h23-24,29-30H,9-22H2,1-8H3. The van der Waals surface area contributed by atoms with Crippen LogP contribution in [0.25, 0.3) is 0 Å². The Kier molecular flexibility index (Phi) is 10.5. The summed E-state index contributed by atoms with van der Waals surface area (Å²) in [7, 11) is 0. The molecule has 0 radical (unpaired) electrons. The Labute approximate surface area is 200 Å². The van der Waals surface area contributed by atoms with Gasteiger partial charge in [0.25, 0.3) is 0 Å². The zero-order chi connectivity index (χ0) is 23.9. The molecule has 32 heavy (non-hydrogen) atoms. The summed E-state index contributed by atoms with van der Waals surface area (Å²) in [6.07, 6.45) is 15.8. The number of piperidine rings is 2. The Morgan fingerprint density at radius 1 is 0.469 bits per heavy atom. The molecule has 0 atom stereocenters. The van der Waals surface area contributed by atoms with Crippen molar-refractivity contribution >= 4 is 0 Å². The first-order valence-electron chi connectivity index (χ1n) is 13.6. The van der Waals surface area contributed by atoms with Crippen LogP contribution < -0.4 is 10.6 Å². The first-order valence-corrected chi connectivity index (χ1v) is 13.6. The zero-order valence-electron chi connectivity index (χ0n) is 22.9. The molecular weight excluding hydrogens is 396 g/mol. The number of ether oxygens (including phenoxy) is 2. The number of unbranched alkanes of at least 4 members (excludes halogenated alkanes) is 7. The van der Waals surface area contributed by atoms with Crippen molar-refractivity contribution in [2.45, 2.75) is 167 Å². The number of hydrogen-bond donors (Lipinski definition) is 2. The van der Waals surface area contributed by atoms with Crippen molar-refractivity contribution in [3.8, 4) is 0 Å². The quantitative estimate of drug-likeness (QED) is 0.303. The Hall–Kier alpha value is -0.160. The summed E-state index contributed by atoms with van der Waals surface area (Å²) in [4.78, 5) is 0. The second-order valence-corrected chi connectivity index (χ2v) is 13.4. The molecule has 2 rings (SSSR count). The van der Waals surface area contributed by atoms with Crippen LogP contribution in [0.15, 0.2) is 0 Å². The molecule has 4 heteroatoms. The van der Waals surface area contributed by atoms with E-state index in [2.05, 4.69) is 66.0 Å². The minimum atomic E-state index is 0.179. The summed E-state index contributed by atoms with van der Waals surface area (Å²) in [5, 5.41) is 7.47. The van der Waals surface area contributed by atoms with Gasteiger partial charge in [0.2, 0.25) is 0 Å². The molecule has 2 aliphatic heterocycles. The fourth-order valence-electron chi connectivity index (χ4n) is 6.46. The lowest BCUT2D eigenvalue weighted by molar-refractivity contribution is -0.0235. The predicted octanol–water partition coefficient (Wildman–Crippen LogP) is 6.76. The maximum atomic E-state index is 6.24. The van der Waals surface area contributed by atoms with E-state index in [1.165, 1.54) is 51.4 Å². The summed E-state index contributed by atoms with van der Waals surface area (Å²) in [6, 6.07) is 0. The molecule has 0 amide bonds. The van der Waals surface area contributed by atoms with E-state index in [0.717, 1.165) is 38.9 Å². The van der Waals surface area contributed by atoms with Crippen LogP contribution in [0.1, 0.15) is 132 Å². The van der Waals surface area contributed by atoms with E-state index >= 15 is 0 Å². The molecule has 190 valence electrons. The molecule has 0 aromatic rings. The molecule has 2 fully saturated rings. The van der Waals surface area contributed by atoms with Crippen molar-refractivity contribution in [3.05, 3.63) is 0 Å². The highest BCUT2D eigenvalue weighted by atomic mass is 16.5. The molecule has 0 unspecified atom stereocenters. The molecule has 2 aliphatic rings. The third-order valence-corrected chi connectivity index (χ3v) is 7.05. The van der Waals surface area contributed by atoms with Crippen LogP contribution in [-0.2, 0) is 9.47 Å². The number of rotatable bonds is 13. The SMILES string of the molecule is CC1(C)CC(OCCCCCCCCCCOC2CC(C)(C)NC(C)(C)C2)CC(C)(C)N1. The normalized spacial score (nSPS) is 25.1. The van der Waals surface area contributed by atoms with Gasteiger partial charge in [0, 0.05) is 35.4 Å². The number of nitrogens with one attached hydrogen (secondary N) is 2. The molecule has 0 aliphatic carbocycles. The van der Waals surface area contributed by atoms with Crippen LogP contribution in [-0.4, -0.2) is 47.6 Å². The van der Waals surface area contributed by atoms with Gasteiger partial charge in [0.05, 0.1) is 12.2 Å². The smallest absolute Gasteiger partial charge is 0.0609 e. The first kappa shape index (κ1) is 28.1. The topological polar surface area (TPSA) is 42.5 Å². The van der Waals surface area contributed by atoms with Crippen LogP contribution in [0.5, 0.6) is 0 Å². The van der Waals surface area contributed by atoms with Crippen LogP contribution >= 0.6 is 0 Å². The maximum absolute atomic E-state index is 6.24. The van der Waals surface area contributed by atoms with E-state index in [-0.39, 0.29) is 22.2 Å². The van der Waals surface area contributed by atoms with Crippen molar-refractivity contribution in [3.63, 3.8) is 0 Å². The van der Waals surface area contributed by atoms with E-state index in [0.29, 0.717) is 12.2 Å². The van der Waals surface area contributed by atoms with Gasteiger partial charge in [-0.3, -0.25) is 0 Å². The highest BCUT2D eigenvalue weighted by Gasteiger charge is 2.38. The molecule has 4 nitrogen and oxygen atoms in total. The summed E-state index contributed by atoms with van der Waals surface area (Å²) < 4.78 is 12.5. The van der Waals surface area contributed by atoms with Crippen LogP contribution in [0.3, 0.4) is 0 Å². The van der Waals surface area contributed by atoms with Gasteiger partial charge in [0.1, 0.15) is 0 Å². The van der Waals surface area contributed by atoms with Crippen LogP contribution in [0.4, 0.5) is 0 Å². The third-order valence-electron chi connectivity index (χ3n) is 7.05. The summed E-state index contributed by atoms with van der Waals surface area (Å²) >= 11 is 0. The molecule has 0 spiro atoms. The minimum absolute atomic E-state index is 0.179. The van der Waals surface area contributed by atoms with Crippen molar-refractivity contribution in [2.75, 3.05) is 13.2 Å². The molecule has 0 aromatic carbocycles. The molecule has 2 heterocycles. The Morgan fingerprint density at radius 2 is 0.719 bits per heavy atom. The second kappa shape index (κ2) is 12.0. The van der Waals surface area contributed by atoms with Crippen molar-refractivity contribution < 1.29 is 9.47 Å². The lowest BCUT2D eigenvalue weighted by Gasteiger charge is -2.46. The van der Waals surface area contributed by atoms with Gasteiger partial charge in [-0.15, -0.1) is 0 Å². The van der Waals surface area contributed by atoms with E-state index in [9.17, 15) is 0 Å². The fourth-order valence-corrected chi connectivity index (χ4v) is 6.46. The Morgan fingerprint density at radius 3 is 1.00 bits per heavy atom. The zero-order valence-corrected chi connectivity index (χ0v) is 22.9. The highest BCUT2D eigenvalue weighted by Crippen LogP contribution is 2.31. The van der Waals surface area contributed by atoms with Gasteiger partial charge in [-0.1, -0.05) is 38.5 Å². The van der Waals surface area contributed by atoms with E-state index in [4.69, 9.17) is 9.47 Å². The largest absolute Gasteiger partial charge is 0.378 e. The summed E-state index contributed by atoms with van der Waals surface area (Å²) in [6.45, 7) is 20.2. The minimum Gasteiger partial charge on any atom is -0.378 e. The van der Waals surface area contributed by atoms with E-state index < -0.39 is 0 Å². The van der Waals surface area contributed by atoms with Crippen molar-refractivity contribution in [2.24, 2.45) is 0 Å². The van der Waals surface area contributed by atoms with Gasteiger partial charge in [-0.25, -0.2) is 0 Å². The van der Waals surface area contributed by atoms with Crippen LogP contribution in [0, 0.1) is 0 Å². The van der Waals surface area contributed by atoms with Crippen LogP contribution in [0.2, 0.25) is 0 Å². The van der Waals surface area contributed by atoms with Crippen molar-refractivity contribution in [1.82, 2.24) is 10.6 Å². The first-order chi connectivity index (χ1) is 14.8. The Bertz CT molecular complexity index is 462. The number of hydrogen-bond acceptors (Lipinski definition) is 4. The summed E-state index contributed by atoms with van der Waals surface area (Å²) in [5.41, 5.74) is 0.715. The lowest BCUT2D eigenvalue weighted by Crippen LogP contribution is -2.59. The average Bonchev–Trinajstić information content (AvgIpc) is 2.57. The van der Waals surface area contributed by atoms with Gasteiger partial charge in [-0.2, -0.15) is 0 Å². The molecule has 2 N–H and O–H groups in total. The Balaban J connectivity index is 1.41. The monoisotopic (exact) mass is 452 g/mol. The highest BCUT2D eigenvalue weighted by molar-refractivity contribution is 4.98. The third kappa shape index (κ3) is 11.3. The van der Waals surface area contributed by atoms with Gasteiger partial charge < -0.3 is 20.1 Å². The molecule has 2 saturated heterocycles. The van der Waals surface area contributed by atoms with Gasteiger partial charge in [-0.05, 0) is 93.9 Å². The fraction of sp³-hybridized carbons (Fsp3) is 1.00. The lowest BCUT2D eigenvalue weighted by atomic mass is 9.81.